The van der Waals surface area contributed by atoms with Gasteiger partial charge in [0.2, 0.25) is 5.91 Å². The third-order valence-corrected chi connectivity index (χ3v) is 3.99. The summed E-state index contributed by atoms with van der Waals surface area (Å²) in [6, 6.07) is 8.05. The number of rotatable bonds is 8. The Labute approximate surface area is 144 Å². The van der Waals surface area contributed by atoms with Crippen LogP contribution in [0.5, 0.6) is 5.75 Å². The lowest BCUT2D eigenvalue weighted by Crippen LogP contribution is -2.40. The first-order valence-electron chi connectivity index (χ1n) is 8.43. The second-order valence-corrected chi connectivity index (χ2v) is 6.30. The highest BCUT2D eigenvalue weighted by atomic mass is 16.5. The highest BCUT2D eigenvalue weighted by Crippen LogP contribution is 2.27. The van der Waals surface area contributed by atoms with Crippen LogP contribution in [0.4, 0.5) is 0 Å². The van der Waals surface area contributed by atoms with Crippen molar-refractivity contribution in [2.45, 2.75) is 19.3 Å². The summed E-state index contributed by atoms with van der Waals surface area (Å²) in [5.41, 5.74) is 1.23. The fourth-order valence-electron chi connectivity index (χ4n) is 2.14. The molecule has 0 saturated heterocycles. The zero-order valence-electron chi connectivity index (χ0n) is 14.8. The number of amides is 1. The van der Waals surface area contributed by atoms with Crippen LogP contribution in [0.2, 0.25) is 0 Å². The fourth-order valence-corrected chi connectivity index (χ4v) is 2.14. The molecule has 0 heterocycles. The third kappa shape index (κ3) is 6.48. The number of nitrogens with one attached hydrogen (secondary N) is 2. The number of carbonyl (C=O) groups excluding carboxylic acids is 1. The Hall–Kier alpha value is -2.24. The van der Waals surface area contributed by atoms with Crippen molar-refractivity contribution in [1.29, 1.82) is 0 Å². The molecule has 0 atom stereocenters. The number of ether oxygens (including phenoxy) is 1. The number of carbonyl (C=O) groups is 1. The molecule has 1 aliphatic carbocycles. The van der Waals surface area contributed by atoms with Gasteiger partial charge in [0.05, 0.1) is 7.11 Å². The van der Waals surface area contributed by atoms with E-state index in [-0.39, 0.29) is 12.5 Å². The predicted octanol–water partition coefficient (Wildman–Crippen LogP) is 1.27. The largest absolute Gasteiger partial charge is 0.497 e. The fraction of sp³-hybridized carbons (Fsp3) is 0.556. The van der Waals surface area contributed by atoms with Gasteiger partial charge in [-0.25, -0.2) is 4.99 Å². The van der Waals surface area contributed by atoms with Crippen LogP contribution < -0.4 is 15.4 Å². The minimum atomic E-state index is -0.00215. The number of benzene rings is 1. The van der Waals surface area contributed by atoms with Crippen LogP contribution in [0.3, 0.4) is 0 Å². The van der Waals surface area contributed by atoms with Gasteiger partial charge in [0.1, 0.15) is 12.3 Å². The van der Waals surface area contributed by atoms with Crippen molar-refractivity contribution in [3.8, 4) is 5.75 Å². The van der Waals surface area contributed by atoms with Crippen LogP contribution in [0, 0.1) is 5.92 Å². The van der Waals surface area contributed by atoms with Crippen LogP contribution in [-0.2, 0) is 11.2 Å². The zero-order chi connectivity index (χ0) is 17.4. The van der Waals surface area contributed by atoms with E-state index in [0.717, 1.165) is 31.2 Å². The Morgan fingerprint density at radius 3 is 2.54 bits per heavy atom. The summed E-state index contributed by atoms with van der Waals surface area (Å²) < 4.78 is 5.17. The van der Waals surface area contributed by atoms with Crippen LogP contribution in [-0.4, -0.2) is 57.6 Å². The molecule has 1 aliphatic rings. The van der Waals surface area contributed by atoms with E-state index in [0.29, 0.717) is 5.96 Å². The van der Waals surface area contributed by atoms with Gasteiger partial charge in [0.15, 0.2) is 5.96 Å². The van der Waals surface area contributed by atoms with Gasteiger partial charge in [0.25, 0.3) is 0 Å². The highest BCUT2D eigenvalue weighted by Gasteiger charge is 2.21. The van der Waals surface area contributed by atoms with Gasteiger partial charge in [-0.05, 0) is 42.9 Å². The van der Waals surface area contributed by atoms with Gasteiger partial charge in [-0.1, -0.05) is 12.1 Å². The van der Waals surface area contributed by atoms with E-state index in [1.807, 2.05) is 12.1 Å². The number of likely N-dealkylation sites (N-methyl/N-ethyl adjacent to an activating group) is 1. The van der Waals surface area contributed by atoms with Gasteiger partial charge in [-0.15, -0.1) is 0 Å². The molecule has 1 saturated carbocycles. The molecule has 6 nitrogen and oxygen atoms in total. The number of guanidine groups is 1. The maximum atomic E-state index is 11.7. The maximum absolute atomic E-state index is 11.7. The first kappa shape index (κ1) is 18.1. The number of hydrogen-bond donors (Lipinski definition) is 2. The summed E-state index contributed by atoms with van der Waals surface area (Å²) in [6.45, 7) is 1.85. The second kappa shape index (κ2) is 9.15. The smallest absolute Gasteiger partial charge is 0.243 e. The average molecular weight is 332 g/mol. The van der Waals surface area contributed by atoms with Crippen molar-refractivity contribution in [3.63, 3.8) is 0 Å². The van der Waals surface area contributed by atoms with Gasteiger partial charge in [-0.2, -0.15) is 0 Å². The Kier molecular flexibility index (Phi) is 6.90. The van der Waals surface area contributed by atoms with Crippen molar-refractivity contribution >= 4 is 11.9 Å². The normalized spacial score (nSPS) is 14.2. The predicted molar refractivity (Wildman–Crippen MR) is 96.4 cm³/mol. The first-order chi connectivity index (χ1) is 11.6. The molecule has 0 spiro atoms. The van der Waals surface area contributed by atoms with Crippen molar-refractivity contribution < 1.29 is 9.53 Å². The van der Waals surface area contributed by atoms with Gasteiger partial charge in [-0.3, -0.25) is 4.79 Å². The molecule has 0 unspecified atom stereocenters. The molecular formula is C18H28N4O2. The summed E-state index contributed by atoms with van der Waals surface area (Å²) in [6.07, 6.45) is 3.45. The molecule has 1 amide bonds. The lowest BCUT2D eigenvalue weighted by atomic mass is 10.1. The Bertz CT molecular complexity index is 551. The number of aliphatic imine (C=N–C) groups is 1. The van der Waals surface area contributed by atoms with Gasteiger partial charge in [0, 0.05) is 27.2 Å². The van der Waals surface area contributed by atoms with Crippen molar-refractivity contribution in [3.05, 3.63) is 29.8 Å². The molecule has 2 N–H and O–H groups in total. The van der Waals surface area contributed by atoms with Gasteiger partial charge >= 0.3 is 0 Å². The molecule has 132 valence electrons. The summed E-state index contributed by atoms with van der Waals surface area (Å²) in [5, 5.41) is 6.64. The zero-order valence-corrected chi connectivity index (χ0v) is 14.8. The van der Waals surface area contributed by atoms with E-state index in [4.69, 9.17) is 4.74 Å². The van der Waals surface area contributed by atoms with Gasteiger partial charge < -0.3 is 20.3 Å². The molecule has 1 aromatic rings. The lowest BCUT2D eigenvalue weighted by molar-refractivity contribution is -0.127. The average Bonchev–Trinajstić information content (AvgIpc) is 3.41. The second-order valence-electron chi connectivity index (χ2n) is 6.30. The minimum absolute atomic E-state index is 0.00215. The Morgan fingerprint density at radius 2 is 1.96 bits per heavy atom. The van der Waals surface area contributed by atoms with Crippen LogP contribution >= 0.6 is 0 Å². The molecule has 0 aromatic heterocycles. The van der Waals surface area contributed by atoms with Crippen LogP contribution in [0.1, 0.15) is 18.4 Å². The molecular weight excluding hydrogens is 304 g/mol. The van der Waals surface area contributed by atoms with E-state index in [9.17, 15) is 4.79 Å². The minimum Gasteiger partial charge on any atom is -0.497 e. The molecule has 6 heteroatoms. The van der Waals surface area contributed by atoms with Crippen molar-refractivity contribution in [2.24, 2.45) is 10.9 Å². The number of nitrogens with zero attached hydrogens (tertiary/aromatic N) is 2. The Balaban J connectivity index is 1.81. The van der Waals surface area contributed by atoms with E-state index >= 15 is 0 Å². The maximum Gasteiger partial charge on any atom is 0.243 e. The van der Waals surface area contributed by atoms with E-state index in [2.05, 4.69) is 27.8 Å². The van der Waals surface area contributed by atoms with Crippen molar-refractivity contribution in [1.82, 2.24) is 15.5 Å². The van der Waals surface area contributed by atoms with Crippen LogP contribution in [0.25, 0.3) is 0 Å². The molecule has 0 radical (unpaired) electrons. The molecule has 1 aromatic carbocycles. The quantitative estimate of drug-likeness (QED) is 0.556. The third-order valence-electron chi connectivity index (χ3n) is 3.99. The SMILES string of the molecule is COc1ccc(CCNC(=NCC(=O)N(C)C)NCC2CC2)cc1. The summed E-state index contributed by atoms with van der Waals surface area (Å²) in [4.78, 5) is 17.6. The molecule has 0 aliphatic heterocycles. The number of hydrogen-bond acceptors (Lipinski definition) is 3. The van der Waals surface area contributed by atoms with Crippen LogP contribution in [0.15, 0.2) is 29.3 Å². The van der Waals surface area contributed by atoms with E-state index in [1.54, 1.807) is 26.1 Å². The number of methoxy groups -OCH3 is 1. The molecule has 0 bridgehead atoms. The summed E-state index contributed by atoms with van der Waals surface area (Å²) in [5.74, 6) is 2.33. The Morgan fingerprint density at radius 1 is 1.25 bits per heavy atom. The summed E-state index contributed by atoms with van der Waals surface area (Å²) >= 11 is 0. The topological polar surface area (TPSA) is 66.0 Å². The standard InChI is InChI=1S/C18H28N4O2/c1-22(2)17(23)13-21-18(20-12-15-4-5-15)19-11-10-14-6-8-16(24-3)9-7-14/h6-9,15H,4-5,10-13H2,1-3H3,(H2,19,20,21). The summed E-state index contributed by atoms with van der Waals surface area (Å²) in [7, 11) is 5.15. The molecule has 24 heavy (non-hydrogen) atoms. The highest BCUT2D eigenvalue weighted by molar-refractivity contribution is 5.84. The molecule has 2 rings (SSSR count). The van der Waals surface area contributed by atoms with Crippen molar-refractivity contribution in [2.75, 3.05) is 40.8 Å². The van der Waals surface area contributed by atoms with E-state index in [1.165, 1.54) is 18.4 Å². The first-order valence-corrected chi connectivity index (χ1v) is 8.43. The monoisotopic (exact) mass is 332 g/mol. The molecule has 1 fully saturated rings. The van der Waals surface area contributed by atoms with E-state index < -0.39 is 0 Å². The lowest BCUT2D eigenvalue weighted by Gasteiger charge is -2.13.